The zero-order valence-electron chi connectivity index (χ0n) is 8.71. The molecule has 1 fully saturated rings. The van der Waals surface area contributed by atoms with Gasteiger partial charge in [-0.1, -0.05) is 0 Å². The Bertz CT molecular complexity index is 382. The van der Waals surface area contributed by atoms with Gasteiger partial charge in [-0.2, -0.15) is 43.9 Å². The summed E-state index contributed by atoms with van der Waals surface area (Å²) in [5, 5.41) is 0. The number of carbonyl (C=O) groups excluding carboxylic acids is 1. The molecule has 0 saturated carbocycles. The Morgan fingerprint density at radius 1 is 0.800 bits per heavy atom. The van der Waals surface area contributed by atoms with Gasteiger partial charge in [0, 0.05) is 0 Å². The van der Waals surface area contributed by atoms with Crippen molar-refractivity contribution in [1.82, 2.24) is 0 Å². The molecule has 0 spiro atoms. The number of alkyl halides is 10. The third kappa shape index (κ3) is 1.93. The predicted octanol–water partition coefficient (Wildman–Crippen LogP) is 3.29. The number of rotatable bonds is 2. The third-order valence-corrected chi connectivity index (χ3v) is 2.38. The van der Waals surface area contributed by atoms with Gasteiger partial charge in [-0.05, 0) is 0 Å². The molecule has 1 heterocycles. The fraction of sp³-hybridized carbons (Fsp3) is 0.857. The summed E-state index contributed by atoms with van der Waals surface area (Å²) in [5.74, 6) is -13.4. The summed E-state index contributed by atoms with van der Waals surface area (Å²) in [7, 11) is 0. The average Bonchev–Trinajstić information content (AvgIpc) is 2.58. The van der Waals surface area contributed by atoms with Gasteiger partial charge >= 0.3 is 30.4 Å². The maximum Gasteiger partial charge on any atom is 0.509 e. The van der Waals surface area contributed by atoms with Gasteiger partial charge in [0.2, 0.25) is 0 Å². The van der Waals surface area contributed by atoms with E-state index >= 15 is 0 Å². The molecular weight excluding hydrogens is 322 g/mol. The number of ether oxygens (including phenoxy) is 2. The smallest absolute Gasteiger partial charge is 0.429 e. The summed E-state index contributed by atoms with van der Waals surface area (Å²) in [5.41, 5.74) is -5.56. The molecule has 0 aromatic heterocycles. The molecule has 0 aromatic rings. The number of hydrogen-bond acceptors (Lipinski definition) is 3. The van der Waals surface area contributed by atoms with Crippen molar-refractivity contribution in [3.8, 4) is 0 Å². The summed E-state index contributed by atoms with van der Waals surface area (Å²) < 4.78 is 131. The maximum atomic E-state index is 13.0. The molecule has 20 heavy (non-hydrogen) atoms. The molecule has 1 aliphatic heterocycles. The molecule has 0 atom stereocenters. The van der Waals surface area contributed by atoms with Crippen molar-refractivity contribution >= 4 is 6.16 Å². The normalized spacial score (nSPS) is 20.6. The molecule has 118 valence electrons. The zero-order valence-corrected chi connectivity index (χ0v) is 8.71. The van der Waals surface area contributed by atoms with E-state index in [-0.39, 0.29) is 0 Å². The molecule has 0 bridgehead atoms. The van der Waals surface area contributed by atoms with Crippen molar-refractivity contribution in [2.24, 2.45) is 0 Å². The summed E-state index contributed by atoms with van der Waals surface area (Å²) in [6.45, 7) is -2.62. The first-order valence-corrected chi connectivity index (χ1v) is 4.35. The highest BCUT2D eigenvalue weighted by atomic mass is 19.4. The van der Waals surface area contributed by atoms with Crippen LogP contribution in [0.25, 0.3) is 0 Å². The fourth-order valence-corrected chi connectivity index (χ4v) is 1.33. The standard InChI is InChI=1S/C7H2F10O3/c8-4(9,6(12,13)14)3(1-19-2(18)20-3)5(10,11)7(15,16)17/h1H2. The first-order valence-electron chi connectivity index (χ1n) is 4.35. The Morgan fingerprint density at radius 3 is 1.35 bits per heavy atom. The van der Waals surface area contributed by atoms with Gasteiger partial charge < -0.3 is 9.47 Å². The van der Waals surface area contributed by atoms with E-state index in [1.54, 1.807) is 0 Å². The second kappa shape index (κ2) is 4.04. The summed E-state index contributed by atoms with van der Waals surface area (Å²) in [6.07, 6.45) is -16.2. The molecule has 1 aliphatic rings. The zero-order chi connectivity index (χ0) is 16.2. The molecule has 13 heteroatoms. The second-order valence-electron chi connectivity index (χ2n) is 3.61. The summed E-state index contributed by atoms with van der Waals surface area (Å²) >= 11 is 0. The SMILES string of the molecule is O=C1OCC(C(F)(F)C(F)(F)F)(C(F)(F)C(F)(F)F)O1. The van der Waals surface area contributed by atoms with Gasteiger partial charge in [0.15, 0.2) is 0 Å². The quantitative estimate of drug-likeness (QED) is 0.578. The fourth-order valence-electron chi connectivity index (χ4n) is 1.33. The topological polar surface area (TPSA) is 35.5 Å². The van der Waals surface area contributed by atoms with Crippen molar-refractivity contribution in [1.29, 1.82) is 0 Å². The molecule has 0 N–H and O–H groups in total. The van der Waals surface area contributed by atoms with Crippen molar-refractivity contribution < 1.29 is 58.2 Å². The van der Waals surface area contributed by atoms with Crippen LogP contribution >= 0.6 is 0 Å². The third-order valence-electron chi connectivity index (χ3n) is 2.38. The Hall–Kier alpha value is -1.43. The van der Waals surface area contributed by atoms with E-state index in [0.717, 1.165) is 0 Å². The highest BCUT2D eigenvalue weighted by molar-refractivity contribution is 5.63. The van der Waals surface area contributed by atoms with Crippen molar-refractivity contribution in [2.45, 2.75) is 29.8 Å². The van der Waals surface area contributed by atoms with Crippen LogP contribution in [0.15, 0.2) is 0 Å². The molecule has 1 rings (SSSR count). The van der Waals surface area contributed by atoms with Gasteiger partial charge in [-0.25, -0.2) is 4.79 Å². The molecule has 3 nitrogen and oxygen atoms in total. The number of carbonyl (C=O) groups is 1. The number of halogens is 10. The summed E-state index contributed by atoms with van der Waals surface area (Å²) in [6, 6.07) is 0. The van der Waals surface area contributed by atoms with E-state index in [0.29, 0.717) is 0 Å². The lowest BCUT2D eigenvalue weighted by molar-refractivity contribution is -0.414. The van der Waals surface area contributed by atoms with Gasteiger partial charge in [-0.3, -0.25) is 0 Å². The maximum absolute atomic E-state index is 13.0. The van der Waals surface area contributed by atoms with Crippen molar-refractivity contribution in [2.75, 3.05) is 6.61 Å². The van der Waals surface area contributed by atoms with E-state index in [9.17, 15) is 48.7 Å². The van der Waals surface area contributed by atoms with Crippen LogP contribution in [-0.2, 0) is 9.47 Å². The minimum Gasteiger partial charge on any atom is -0.429 e. The Kier molecular flexibility index (Phi) is 3.36. The molecule has 0 aromatic carbocycles. The van der Waals surface area contributed by atoms with Gasteiger partial charge in [0.05, 0.1) is 0 Å². The van der Waals surface area contributed by atoms with E-state index in [2.05, 4.69) is 9.47 Å². The van der Waals surface area contributed by atoms with E-state index in [4.69, 9.17) is 0 Å². The van der Waals surface area contributed by atoms with Crippen LogP contribution in [0.5, 0.6) is 0 Å². The molecule has 0 unspecified atom stereocenters. The van der Waals surface area contributed by atoms with Crippen LogP contribution in [-0.4, -0.2) is 42.6 Å². The van der Waals surface area contributed by atoms with E-state index in [1.807, 2.05) is 0 Å². The van der Waals surface area contributed by atoms with E-state index in [1.165, 1.54) is 0 Å². The molecule has 0 aliphatic carbocycles. The Morgan fingerprint density at radius 2 is 1.15 bits per heavy atom. The van der Waals surface area contributed by atoms with Crippen LogP contribution in [0.1, 0.15) is 0 Å². The first-order chi connectivity index (χ1) is 8.60. The Balaban J connectivity index is 3.52. The average molecular weight is 324 g/mol. The van der Waals surface area contributed by atoms with Gasteiger partial charge in [0.1, 0.15) is 6.61 Å². The second-order valence-corrected chi connectivity index (χ2v) is 3.61. The number of hydrogen-bond donors (Lipinski definition) is 0. The minimum absolute atomic E-state index is 2.50. The molecule has 0 radical (unpaired) electrons. The van der Waals surface area contributed by atoms with Crippen molar-refractivity contribution in [3.05, 3.63) is 0 Å². The van der Waals surface area contributed by atoms with Crippen LogP contribution in [0.2, 0.25) is 0 Å². The van der Waals surface area contributed by atoms with Crippen LogP contribution in [0, 0.1) is 0 Å². The van der Waals surface area contributed by atoms with Crippen LogP contribution in [0.3, 0.4) is 0 Å². The number of cyclic esters (lactones) is 2. The Labute approximate surface area is 102 Å². The lowest BCUT2D eigenvalue weighted by atomic mass is 9.87. The minimum atomic E-state index is -6.84. The lowest BCUT2D eigenvalue weighted by Gasteiger charge is -2.39. The highest BCUT2D eigenvalue weighted by Gasteiger charge is 2.89. The largest absolute Gasteiger partial charge is 0.509 e. The van der Waals surface area contributed by atoms with Gasteiger partial charge in [0.25, 0.3) is 5.60 Å². The van der Waals surface area contributed by atoms with E-state index < -0.39 is 42.6 Å². The highest BCUT2D eigenvalue weighted by Crippen LogP contribution is 2.58. The molecule has 0 amide bonds. The van der Waals surface area contributed by atoms with Crippen LogP contribution < -0.4 is 0 Å². The van der Waals surface area contributed by atoms with Gasteiger partial charge in [-0.15, -0.1) is 0 Å². The van der Waals surface area contributed by atoms with Crippen LogP contribution in [0.4, 0.5) is 48.7 Å². The van der Waals surface area contributed by atoms with Crippen molar-refractivity contribution in [3.63, 3.8) is 0 Å². The molecular formula is C7H2F10O3. The monoisotopic (exact) mass is 324 g/mol. The predicted molar refractivity (Wildman–Crippen MR) is 37.2 cm³/mol. The first kappa shape index (κ1) is 16.6. The lowest BCUT2D eigenvalue weighted by Crippen LogP contribution is -2.71. The summed E-state index contributed by atoms with van der Waals surface area (Å²) in [4.78, 5) is 10.4. The molecule has 1 saturated heterocycles.